The normalized spacial score (nSPS) is 14.4. The lowest BCUT2D eigenvalue weighted by Crippen LogP contribution is -2.01. The van der Waals surface area contributed by atoms with Crippen molar-refractivity contribution in [2.24, 2.45) is 0 Å². The molecule has 0 atom stereocenters. The Morgan fingerprint density at radius 2 is 2.00 bits per heavy atom. The minimum Gasteiger partial charge on any atom is -0.380 e. The minimum atomic E-state index is -0.189. The van der Waals surface area contributed by atoms with E-state index in [0.717, 1.165) is 21.7 Å². The average molecular weight is 367 g/mol. The van der Waals surface area contributed by atoms with Crippen LogP contribution >= 0.6 is 22.6 Å². The van der Waals surface area contributed by atoms with Gasteiger partial charge in [-0.1, -0.05) is 24.3 Å². The molecule has 0 aliphatic heterocycles. The third kappa shape index (κ3) is 3.26. The van der Waals surface area contributed by atoms with Gasteiger partial charge in [0.2, 0.25) is 0 Å². The highest BCUT2D eigenvalue weighted by Crippen LogP contribution is 2.40. The quantitative estimate of drug-likeness (QED) is 0.757. The molecule has 3 rings (SSSR count). The Bertz CT molecular complexity index is 593. The van der Waals surface area contributed by atoms with Crippen molar-refractivity contribution in [2.75, 3.05) is 5.32 Å². The molecule has 98 valence electrons. The van der Waals surface area contributed by atoms with Crippen LogP contribution in [-0.2, 0) is 6.54 Å². The van der Waals surface area contributed by atoms with Crippen molar-refractivity contribution < 1.29 is 4.39 Å². The van der Waals surface area contributed by atoms with Gasteiger partial charge in [0.25, 0.3) is 0 Å². The summed E-state index contributed by atoms with van der Waals surface area (Å²) in [5.41, 5.74) is 3.72. The maximum atomic E-state index is 13.0. The van der Waals surface area contributed by atoms with Crippen molar-refractivity contribution >= 4 is 28.3 Å². The van der Waals surface area contributed by atoms with Gasteiger partial charge >= 0.3 is 0 Å². The highest BCUT2D eigenvalue weighted by Gasteiger charge is 2.23. The summed E-state index contributed by atoms with van der Waals surface area (Å²) in [6, 6.07) is 13.6. The maximum absolute atomic E-state index is 13.0. The first kappa shape index (κ1) is 12.9. The van der Waals surface area contributed by atoms with Crippen LogP contribution in [-0.4, -0.2) is 0 Å². The number of anilines is 1. The van der Waals surface area contributed by atoms with Gasteiger partial charge in [-0.05, 0) is 70.7 Å². The average Bonchev–Trinajstić information content (AvgIpc) is 3.22. The van der Waals surface area contributed by atoms with Crippen LogP contribution in [0.5, 0.6) is 0 Å². The minimum absolute atomic E-state index is 0.189. The van der Waals surface area contributed by atoms with Crippen molar-refractivity contribution in [3.63, 3.8) is 0 Å². The molecule has 1 nitrogen and oxygen atoms in total. The number of hydrogen-bond acceptors (Lipinski definition) is 1. The van der Waals surface area contributed by atoms with E-state index in [2.05, 4.69) is 52.2 Å². The van der Waals surface area contributed by atoms with Gasteiger partial charge in [-0.2, -0.15) is 0 Å². The van der Waals surface area contributed by atoms with E-state index in [1.54, 1.807) is 12.1 Å². The van der Waals surface area contributed by atoms with E-state index in [9.17, 15) is 4.39 Å². The van der Waals surface area contributed by atoms with E-state index in [-0.39, 0.29) is 5.82 Å². The first-order valence-corrected chi connectivity index (χ1v) is 7.58. The highest BCUT2D eigenvalue weighted by atomic mass is 127. The lowest BCUT2D eigenvalue weighted by molar-refractivity contribution is 0.627. The zero-order valence-corrected chi connectivity index (χ0v) is 12.7. The zero-order valence-electron chi connectivity index (χ0n) is 10.5. The summed E-state index contributed by atoms with van der Waals surface area (Å²) >= 11 is 2.15. The largest absolute Gasteiger partial charge is 0.380 e. The fourth-order valence-corrected chi connectivity index (χ4v) is 2.87. The smallest absolute Gasteiger partial charge is 0.124 e. The molecule has 0 saturated heterocycles. The molecule has 3 heteroatoms. The fraction of sp³-hybridized carbons (Fsp3) is 0.250. The Hall–Kier alpha value is -1.10. The van der Waals surface area contributed by atoms with Gasteiger partial charge in [0.1, 0.15) is 5.82 Å². The molecule has 0 bridgehead atoms. The molecule has 19 heavy (non-hydrogen) atoms. The summed E-state index contributed by atoms with van der Waals surface area (Å²) in [6.07, 6.45) is 2.65. The van der Waals surface area contributed by atoms with Gasteiger partial charge in [-0.25, -0.2) is 4.39 Å². The second-order valence-corrected chi connectivity index (χ2v) is 6.16. The maximum Gasteiger partial charge on any atom is 0.124 e. The topological polar surface area (TPSA) is 12.0 Å². The number of nitrogens with one attached hydrogen (secondary N) is 1. The Balaban J connectivity index is 1.69. The molecule has 0 unspecified atom stereocenters. The van der Waals surface area contributed by atoms with E-state index in [1.165, 1.54) is 30.0 Å². The van der Waals surface area contributed by atoms with Gasteiger partial charge in [0.15, 0.2) is 0 Å². The monoisotopic (exact) mass is 367 g/mol. The molecule has 0 heterocycles. The third-order valence-corrected chi connectivity index (χ3v) is 4.31. The number of rotatable bonds is 4. The SMILES string of the molecule is Fc1ccc(NCc2cccc(C3CC3)c2)c(I)c1. The molecule has 1 saturated carbocycles. The Morgan fingerprint density at radius 1 is 1.16 bits per heavy atom. The van der Waals surface area contributed by atoms with Gasteiger partial charge in [0.05, 0.1) is 0 Å². The van der Waals surface area contributed by atoms with Crippen LogP contribution < -0.4 is 5.32 Å². The predicted octanol–water partition coefficient (Wildman–Crippen LogP) is 4.92. The molecule has 1 fully saturated rings. The van der Waals surface area contributed by atoms with Gasteiger partial charge in [-0.15, -0.1) is 0 Å². The summed E-state index contributed by atoms with van der Waals surface area (Å²) in [5.74, 6) is 0.594. The second kappa shape index (κ2) is 5.49. The van der Waals surface area contributed by atoms with Gasteiger partial charge in [0, 0.05) is 15.8 Å². The molecule has 1 N–H and O–H groups in total. The lowest BCUT2D eigenvalue weighted by atomic mass is 10.1. The lowest BCUT2D eigenvalue weighted by Gasteiger charge is -2.10. The number of halogens is 2. The standard InChI is InChI=1S/C16H15FIN/c17-14-6-7-16(15(18)9-14)19-10-11-2-1-3-13(8-11)12-4-5-12/h1-3,6-9,12,19H,4-5,10H2. The highest BCUT2D eigenvalue weighted by molar-refractivity contribution is 14.1. The van der Waals surface area contributed by atoms with E-state index < -0.39 is 0 Å². The van der Waals surface area contributed by atoms with Gasteiger partial charge < -0.3 is 5.32 Å². The van der Waals surface area contributed by atoms with E-state index in [1.807, 2.05) is 0 Å². The second-order valence-electron chi connectivity index (χ2n) is 5.00. The Morgan fingerprint density at radius 3 is 2.74 bits per heavy atom. The Kier molecular flexibility index (Phi) is 3.73. The van der Waals surface area contributed by atoms with Gasteiger partial charge in [-0.3, -0.25) is 0 Å². The first-order chi connectivity index (χ1) is 9.22. The summed E-state index contributed by atoms with van der Waals surface area (Å²) in [4.78, 5) is 0. The molecular formula is C16H15FIN. The van der Waals surface area contributed by atoms with Crippen LogP contribution in [0.2, 0.25) is 0 Å². The first-order valence-electron chi connectivity index (χ1n) is 6.50. The van der Waals surface area contributed by atoms with Crippen molar-refractivity contribution in [3.05, 3.63) is 63.0 Å². The van der Waals surface area contributed by atoms with Crippen LogP contribution in [0.25, 0.3) is 0 Å². The molecule has 2 aromatic carbocycles. The Labute approximate surface area is 126 Å². The van der Waals surface area contributed by atoms with E-state index in [0.29, 0.717) is 0 Å². The third-order valence-electron chi connectivity index (χ3n) is 3.41. The summed E-state index contributed by atoms with van der Waals surface area (Å²) in [5, 5.41) is 3.37. The molecule has 0 amide bonds. The predicted molar refractivity (Wildman–Crippen MR) is 84.9 cm³/mol. The van der Waals surface area contributed by atoms with E-state index >= 15 is 0 Å². The summed E-state index contributed by atoms with van der Waals surface area (Å²) in [6.45, 7) is 0.780. The molecule has 1 aliphatic rings. The molecule has 0 aromatic heterocycles. The van der Waals surface area contributed by atoms with Crippen LogP contribution in [0.4, 0.5) is 10.1 Å². The van der Waals surface area contributed by atoms with Crippen LogP contribution in [0, 0.1) is 9.39 Å². The van der Waals surface area contributed by atoms with E-state index in [4.69, 9.17) is 0 Å². The molecular weight excluding hydrogens is 352 g/mol. The number of benzene rings is 2. The van der Waals surface area contributed by atoms with Crippen LogP contribution in [0.3, 0.4) is 0 Å². The molecule has 1 aliphatic carbocycles. The van der Waals surface area contributed by atoms with Crippen molar-refractivity contribution in [1.29, 1.82) is 0 Å². The fourth-order valence-electron chi connectivity index (χ4n) is 2.20. The van der Waals surface area contributed by atoms with Crippen LogP contribution in [0.1, 0.15) is 29.9 Å². The summed E-state index contributed by atoms with van der Waals surface area (Å²) in [7, 11) is 0. The number of hydrogen-bond donors (Lipinski definition) is 1. The molecule has 2 aromatic rings. The van der Waals surface area contributed by atoms with Crippen molar-refractivity contribution in [2.45, 2.75) is 25.3 Å². The van der Waals surface area contributed by atoms with Crippen LogP contribution in [0.15, 0.2) is 42.5 Å². The molecule has 0 spiro atoms. The van der Waals surface area contributed by atoms with Crippen molar-refractivity contribution in [1.82, 2.24) is 0 Å². The summed E-state index contributed by atoms with van der Waals surface area (Å²) < 4.78 is 13.9. The van der Waals surface area contributed by atoms with Crippen molar-refractivity contribution in [3.8, 4) is 0 Å². The molecule has 0 radical (unpaired) electrons. The zero-order chi connectivity index (χ0) is 13.2.